The summed E-state index contributed by atoms with van der Waals surface area (Å²) >= 11 is 0. The summed E-state index contributed by atoms with van der Waals surface area (Å²) in [6.45, 7) is 1.11. The number of hydrogen-bond acceptors (Lipinski definition) is 3. The predicted molar refractivity (Wildman–Crippen MR) is 92.0 cm³/mol. The van der Waals surface area contributed by atoms with Gasteiger partial charge in [-0.3, -0.25) is 0 Å². The standard InChI is InChI=1S/C14H14O2.C6H6O/c1-3-7-13(8-4-1)15-11-12-16-14-9-5-2-6-10-14;7-6-4-2-1-3-5-6/h1-10H,11-12H2;1-5,7H. The van der Waals surface area contributed by atoms with E-state index < -0.39 is 0 Å². The second-order valence-electron chi connectivity index (χ2n) is 4.66. The van der Waals surface area contributed by atoms with E-state index in [1.54, 1.807) is 24.3 Å². The minimum Gasteiger partial charge on any atom is -0.508 e. The lowest BCUT2D eigenvalue weighted by atomic mass is 10.3. The molecule has 0 amide bonds. The molecule has 0 aliphatic carbocycles. The second kappa shape index (κ2) is 9.90. The number of rotatable bonds is 5. The van der Waals surface area contributed by atoms with E-state index in [2.05, 4.69) is 0 Å². The highest BCUT2D eigenvalue weighted by Gasteiger charge is 1.93. The molecule has 0 fully saturated rings. The van der Waals surface area contributed by atoms with Crippen LogP contribution < -0.4 is 9.47 Å². The first-order chi connectivity index (χ1) is 11.3. The van der Waals surface area contributed by atoms with Gasteiger partial charge in [0.2, 0.25) is 0 Å². The summed E-state index contributed by atoms with van der Waals surface area (Å²) in [6.07, 6.45) is 0. The Balaban J connectivity index is 0.000000229. The number of hydrogen-bond donors (Lipinski definition) is 1. The Hall–Kier alpha value is -2.94. The highest BCUT2D eigenvalue weighted by molar-refractivity contribution is 5.22. The van der Waals surface area contributed by atoms with Crippen molar-refractivity contribution in [3.05, 3.63) is 91.0 Å². The van der Waals surface area contributed by atoms with Crippen LogP contribution in [0.5, 0.6) is 17.2 Å². The van der Waals surface area contributed by atoms with Crippen molar-refractivity contribution in [2.45, 2.75) is 0 Å². The van der Waals surface area contributed by atoms with Gasteiger partial charge in [-0.15, -0.1) is 0 Å². The first-order valence-electron chi connectivity index (χ1n) is 7.44. The molecular formula is C20H20O3. The van der Waals surface area contributed by atoms with Gasteiger partial charge in [-0.1, -0.05) is 54.6 Å². The minimum atomic E-state index is 0.322. The lowest BCUT2D eigenvalue weighted by Gasteiger charge is -2.07. The molecule has 3 rings (SSSR count). The molecule has 0 radical (unpaired) electrons. The number of phenolic OH excluding ortho intramolecular Hbond substituents is 1. The maximum Gasteiger partial charge on any atom is 0.122 e. The average molecular weight is 308 g/mol. The van der Waals surface area contributed by atoms with E-state index in [0.717, 1.165) is 11.5 Å². The second-order valence-corrected chi connectivity index (χ2v) is 4.66. The van der Waals surface area contributed by atoms with E-state index >= 15 is 0 Å². The zero-order chi connectivity index (χ0) is 16.2. The normalized spacial score (nSPS) is 9.39. The van der Waals surface area contributed by atoms with Gasteiger partial charge in [-0.2, -0.15) is 0 Å². The quantitative estimate of drug-likeness (QED) is 0.703. The summed E-state index contributed by atoms with van der Waals surface area (Å²) in [5.74, 6) is 2.07. The van der Waals surface area contributed by atoms with Gasteiger partial charge in [-0.05, 0) is 36.4 Å². The van der Waals surface area contributed by atoms with Gasteiger partial charge in [0.15, 0.2) is 0 Å². The zero-order valence-electron chi connectivity index (χ0n) is 12.8. The van der Waals surface area contributed by atoms with Crippen molar-refractivity contribution < 1.29 is 14.6 Å². The largest absolute Gasteiger partial charge is 0.508 e. The summed E-state index contributed by atoms with van der Waals surface area (Å²) in [7, 11) is 0. The fourth-order valence-corrected chi connectivity index (χ4v) is 1.78. The summed E-state index contributed by atoms with van der Waals surface area (Å²) in [4.78, 5) is 0. The van der Waals surface area contributed by atoms with Gasteiger partial charge >= 0.3 is 0 Å². The third-order valence-electron chi connectivity index (χ3n) is 2.86. The van der Waals surface area contributed by atoms with Crippen LogP contribution in [0.1, 0.15) is 0 Å². The Kier molecular flexibility index (Phi) is 7.07. The molecule has 0 heterocycles. The number of aromatic hydroxyl groups is 1. The molecule has 0 spiro atoms. The first kappa shape index (κ1) is 16.4. The zero-order valence-corrected chi connectivity index (χ0v) is 12.8. The lowest BCUT2D eigenvalue weighted by Crippen LogP contribution is -2.08. The van der Waals surface area contributed by atoms with Crippen molar-refractivity contribution in [3.63, 3.8) is 0 Å². The molecule has 3 nitrogen and oxygen atoms in total. The van der Waals surface area contributed by atoms with E-state index in [1.165, 1.54) is 0 Å². The van der Waals surface area contributed by atoms with Gasteiger partial charge in [-0.25, -0.2) is 0 Å². The monoisotopic (exact) mass is 308 g/mol. The van der Waals surface area contributed by atoms with E-state index in [9.17, 15) is 0 Å². The fraction of sp³-hybridized carbons (Fsp3) is 0.100. The van der Waals surface area contributed by atoms with Crippen LogP contribution in [-0.4, -0.2) is 18.3 Å². The Morgan fingerprint density at radius 1 is 0.522 bits per heavy atom. The maximum atomic E-state index is 8.63. The molecular weight excluding hydrogens is 288 g/mol. The van der Waals surface area contributed by atoms with Crippen molar-refractivity contribution in [1.82, 2.24) is 0 Å². The summed E-state index contributed by atoms with van der Waals surface area (Å²) in [5, 5.41) is 8.63. The van der Waals surface area contributed by atoms with Crippen LogP contribution in [0.4, 0.5) is 0 Å². The third kappa shape index (κ3) is 7.05. The average Bonchev–Trinajstić information content (AvgIpc) is 2.62. The summed E-state index contributed by atoms with van der Waals surface area (Å²) in [5.41, 5.74) is 0. The molecule has 23 heavy (non-hydrogen) atoms. The molecule has 0 aliphatic rings. The van der Waals surface area contributed by atoms with Crippen LogP contribution >= 0.6 is 0 Å². The highest BCUT2D eigenvalue weighted by atomic mass is 16.5. The molecule has 3 aromatic carbocycles. The maximum absolute atomic E-state index is 8.63. The predicted octanol–water partition coefficient (Wildman–Crippen LogP) is 4.54. The van der Waals surface area contributed by atoms with Crippen molar-refractivity contribution in [2.24, 2.45) is 0 Å². The minimum absolute atomic E-state index is 0.322. The molecule has 0 saturated heterocycles. The van der Waals surface area contributed by atoms with Crippen LogP contribution in [0.15, 0.2) is 91.0 Å². The summed E-state index contributed by atoms with van der Waals surface area (Å²) < 4.78 is 11.0. The van der Waals surface area contributed by atoms with Gasteiger partial charge in [0, 0.05) is 0 Å². The molecule has 3 aromatic rings. The molecule has 0 aromatic heterocycles. The van der Waals surface area contributed by atoms with E-state index in [1.807, 2.05) is 66.7 Å². The van der Waals surface area contributed by atoms with Crippen molar-refractivity contribution in [1.29, 1.82) is 0 Å². The molecule has 0 atom stereocenters. The topological polar surface area (TPSA) is 38.7 Å². The van der Waals surface area contributed by atoms with E-state index in [4.69, 9.17) is 14.6 Å². The fourth-order valence-electron chi connectivity index (χ4n) is 1.78. The van der Waals surface area contributed by atoms with Gasteiger partial charge < -0.3 is 14.6 Å². The van der Waals surface area contributed by atoms with Crippen LogP contribution in [-0.2, 0) is 0 Å². The lowest BCUT2D eigenvalue weighted by molar-refractivity contribution is 0.217. The molecule has 0 saturated carbocycles. The number of ether oxygens (including phenoxy) is 2. The number of phenols is 1. The van der Waals surface area contributed by atoms with Crippen LogP contribution in [0.25, 0.3) is 0 Å². The molecule has 0 unspecified atom stereocenters. The Bertz CT molecular complexity index is 598. The molecule has 0 aliphatic heterocycles. The van der Waals surface area contributed by atoms with Gasteiger partial charge in [0.05, 0.1) is 0 Å². The SMILES string of the molecule is Oc1ccccc1.c1ccc(OCCOc2ccccc2)cc1. The van der Waals surface area contributed by atoms with Gasteiger partial charge in [0.25, 0.3) is 0 Å². The van der Waals surface area contributed by atoms with Crippen LogP contribution in [0, 0.1) is 0 Å². The molecule has 3 heteroatoms. The van der Waals surface area contributed by atoms with E-state index in [0.29, 0.717) is 19.0 Å². The van der Waals surface area contributed by atoms with Crippen molar-refractivity contribution in [3.8, 4) is 17.2 Å². The number of para-hydroxylation sites is 3. The molecule has 0 bridgehead atoms. The third-order valence-corrected chi connectivity index (χ3v) is 2.86. The van der Waals surface area contributed by atoms with E-state index in [-0.39, 0.29) is 0 Å². The Morgan fingerprint density at radius 2 is 0.870 bits per heavy atom. The Morgan fingerprint density at radius 3 is 1.17 bits per heavy atom. The number of benzene rings is 3. The van der Waals surface area contributed by atoms with Crippen LogP contribution in [0.3, 0.4) is 0 Å². The molecule has 118 valence electrons. The van der Waals surface area contributed by atoms with Crippen LogP contribution in [0.2, 0.25) is 0 Å². The van der Waals surface area contributed by atoms with Gasteiger partial charge in [0.1, 0.15) is 30.5 Å². The molecule has 1 N–H and O–H groups in total. The summed E-state index contributed by atoms with van der Waals surface area (Å²) in [6, 6.07) is 28.2. The highest BCUT2D eigenvalue weighted by Crippen LogP contribution is 2.10. The smallest absolute Gasteiger partial charge is 0.122 e. The first-order valence-corrected chi connectivity index (χ1v) is 7.44. The van der Waals surface area contributed by atoms with Crippen molar-refractivity contribution in [2.75, 3.05) is 13.2 Å². The Labute approximate surface area is 136 Å². The van der Waals surface area contributed by atoms with Crippen molar-refractivity contribution >= 4 is 0 Å².